The van der Waals surface area contributed by atoms with Gasteiger partial charge in [-0.1, -0.05) is 41.7 Å². The molecule has 0 radical (unpaired) electrons. The fraction of sp³-hybridized carbons (Fsp3) is 0.160. The molecule has 132 valence electrons. The molecule has 0 aromatic heterocycles. The first-order chi connectivity index (χ1) is 13.0. The van der Waals surface area contributed by atoms with E-state index in [-0.39, 0.29) is 0 Å². The van der Waals surface area contributed by atoms with E-state index in [1.165, 1.54) is 27.8 Å². The van der Waals surface area contributed by atoms with Gasteiger partial charge in [-0.15, -0.1) is 0 Å². The molecule has 1 nitrogen and oxygen atoms in total. The molecule has 3 aromatic carbocycles. The molecular formula is C25H21NS. The van der Waals surface area contributed by atoms with Crippen LogP contribution in [0, 0.1) is 39.5 Å². The van der Waals surface area contributed by atoms with Crippen LogP contribution in [0.4, 0.5) is 5.69 Å². The van der Waals surface area contributed by atoms with E-state index in [4.69, 9.17) is 12.2 Å². The molecule has 2 heteroatoms. The maximum absolute atomic E-state index is 4.70. The summed E-state index contributed by atoms with van der Waals surface area (Å²) >= 11 is 4.70. The topological polar surface area (TPSA) is 12.4 Å². The number of benzene rings is 3. The minimum Gasteiger partial charge on any atom is -0.194 e. The number of rotatable bonds is 2. The molecule has 0 bridgehead atoms. The normalized spacial score (nSPS) is 9.93. The fourth-order valence-electron chi connectivity index (χ4n) is 3.16. The minimum absolute atomic E-state index is 0.863. The van der Waals surface area contributed by atoms with Crippen LogP contribution < -0.4 is 0 Å². The van der Waals surface area contributed by atoms with Crippen LogP contribution in [-0.2, 0) is 0 Å². The number of thiocarbonyl (C=S) groups is 1. The molecule has 3 aromatic rings. The molecule has 0 fully saturated rings. The van der Waals surface area contributed by atoms with Crippen molar-refractivity contribution >= 4 is 23.1 Å². The lowest BCUT2D eigenvalue weighted by Gasteiger charge is -2.09. The summed E-state index contributed by atoms with van der Waals surface area (Å²) < 4.78 is 0. The number of nitrogens with zero attached hydrogens (tertiary/aromatic N) is 1. The number of aliphatic imine (C=N–C) groups is 1. The summed E-state index contributed by atoms with van der Waals surface area (Å²) in [5.41, 5.74) is 10.1. The first-order valence-corrected chi connectivity index (χ1v) is 9.27. The van der Waals surface area contributed by atoms with E-state index in [0.717, 1.165) is 22.4 Å². The van der Waals surface area contributed by atoms with Gasteiger partial charge >= 0.3 is 0 Å². The first kappa shape index (κ1) is 18.8. The molecule has 27 heavy (non-hydrogen) atoms. The lowest BCUT2D eigenvalue weighted by atomic mass is 9.96. The minimum atomic E-state index is 0.863. The van der Waals surface area contributed by atoms with Crippen LogP contribution >= 0.6 is 12.2 Å². The Bertz CT molecular complexity index is 1120. The van der Waals surface area contributed by atoms with Gasteiger partial charge in [0, 0.05) is 11.1 Å². The summed E-state index contributed by atoms with van der Waals surface area (Å²) in [5, 5.41) is 2.43. The SMILES string of the molecule is Cc1ccc(C#Cc2ccc(-c3ccc(N=C=S)c(C)c3)c(C)c2)c(C)c1. The largest absolute Gasteiger partial charge is 0.194 e. The molecule has 0 aliphatic rings. The zero-order chi connectivity index (χ0) is 19.4. The van der Waals surface area contributed by atoms with Crippen LogP contribution in [0.2, 0.25) is 0 Å². The zero-order valence-electron chi connectivity index (χ0n) is 16.1. The summed E-state index contributed by atoms with van der Waals surface area (Å²) in [7, 11) is 0. The zero-order valence-corrected chi connectivity index (χ0v) is 16.9. The van der Waals surface area contributed by atoms with Crippen molar-refractivity contribution in [2.24, 2.45) is 4.99 Å². The quantitative estimate of drug-likeness (QED) is 0.278. The van der Waals surface area contributed by atoms with Gasteiger partial charge in [-0.05, 0) is 98.1 Å². The molecule has 0 unspecified atom stereocenters. The molecular weight excluding hydrogens is 346 g/mol. The van der Waals surface area contributed by atoms with E-state index >= 15 is 0 Å². The molecule has 0 spiro atoms. The average Bonchev–Trinajstić information content (AvgIpc) is 2.63. The first-order valence-electron chi connectivity index (χ1n) is 8.87. The molecule has 0 atom stereocenters. The van der Waals surface area contributed by atoms with E-state index in [0.29, 0.717) is 0 Å². The standard InChI is InChI=1S/C25H21NS/c1-17-5-8-22(18(2)13-17)9-6-21-7-11-24(19(3)14-21)23-10-12-25(26-16-27)20(4)15-23/h5,7-8,10-15H,1-4H3. The summed E-state index contributed by atoms with van der Waals surface area (Å²) in [4.78, 5) is 4.09. The lowest BCUT2D eigenvalue weighted by molar-refractivity contribution is 1.36. The van der Waals surface area contributed by atoms with Crippen molar-refractivity contribution in [1.82, 2.24) is 0 Å². The average molecular weight is 368 g/mol. The lowest BCUT2D eigenvalue weighted by Crippen LogP contribution is -1.87. The van der Waals surface area contributed by atoms with Crippen LogP contribution in [0.15, 0.2) is 59.6 Å². The van der Waals surface area contributed by atoms with Crippen LogP contribution in [0.5, 0.6) is 0 Å². The Morgan fingerprint density at radius 1 is 0.741 bits per heavy atom. The molecule has 0 amide bonds. The third-order valence-electron chi connectivity index (χ3n) is 4.62. The van der Waals surface area contributed by atoms with Crippen molar-refractivity contribution in [3.05, 3.63) is 88.0 Å². The van der Waals surface area contributed by atoms with Gasteiger partial charge in [0.25, 0.3) is 0 Å². The van der Waals surface area contributed by atoms with Gasteiger partial charge in [0.1, 0.15) is 0 Å². The van der Waals surface area contributed by atoms with Crippen LogP contribution in [0.3, 0.4) is 0 Å². The van der Waals surface area contributed by atoms with Crippen molar-refractivity contribution in [3.8, 4) is 23.0 Å². The monoisotopic (exact) mass is 367 g/mol. The Kier molecular flexibility index (Phi) is 5.67. The molecule has 0 heterocycles. The maximum Gasteiger partial charge on any atom is 0.0769 e. The third kappa shape index (κ3) is 4.41. The molecule has 0 saturated heterocycles. The van der Waals surface area contributed by atoms with E-state index in [1.807, 2.05) is 13.0 Å². The van der Waals surface area contributed by atoms with Gasteiger partial charge in [0.2, 0.25) is 0 Å². The Morgan fingerprint density at radius 3 is 2.22 bits per heavy atom. The van der Waals surface area contributed by atoms with Crippen molar-refractivity contribution in [3.63, 3.8) is 0 Å². The van der Waals surface area contributed by atoms with Crippen molar-refractivity contribution < 1.29 is 0 Å². The number of hydrogen-bond acceptors (Lipinski definition) is 2. The number of aryl methyl sites for hydroxylation is 4. The molecule has 0 aliphatic carbocycles. The van der Waals surface area contributed by atoms with E-state index in [1.54, 1.807) is 0 Å². The highest BCUT2D eigenvalue weighted by atomic mass is 32.1. The van der Waals surface area contributed by atoms with Gasteiger partial charge < -0.3 is 0 Å². The summed E-state index contributed by atoms with van der Waals surface area (Å²) in [6.45, 7) is 8.36. The Balaban J connectivity index is 1.92. The van der Waals surface area contributed by atoms with Gasteiger partial charge in [-0.25, -0.2) is 0 Å². The summed E-state index contributed by atoms with van der Waals surface area (Å²) in [5.74, 6) is 6.59. The second-order valence-electron chi connectivity index (χ2n) is 6.80. The second kappa shape index (κ2) is 8.14. The van der Waals surface area contributed by atoms with E-state index in [2.05, 4.69) is 91.3 Å². The number of hydrogen-bond donors (Lipinski definition) is 0. The predicted molar refractivity (Wildman–Crippen MR) is 118 cm³/mol. The van der Waals surface area contributed by atoms with Gasteiger partial charge in [0.05, 0.1) is 10.8 Å². The molecule has 3 rings (SSSR count). The smallest absolute Gasteiger partial charge is 0.0769 e. The van der Waals surface area contributed by atoms with Gasteiger partial charge in [-0.2, -0.15) is 4.99 Å². The Labute approximate surface area is 166 Å². The number of isothiocyanates is 1. The van der Waals surface area contributed by atoms with Gasteiger partial charge in [-0.3, -0.25) is 0 Å². The molecule has 0 aliphatic heterocycles. The van der Waals surface area contributed by atoms with Crippen LogP contribution in [0.1, 0.15) is 33.4 Å². The van der Waals surface area contributed by atoms with Crippen molar-refractivity contribution in [2.75, 3.05) is 0 Å². The Morgan fingerprint density at radius 2 is 1.56 bits per heavy atom. The van der Waals surface area contributed by atoms with E-state index in [9.17, 15) is 0 Å². The second-order valence-corrected chi connectivity index (χ2v) is 6.99. The highest BCUT2D eigenvalue weighted by Gasteiger charge is 2.05. The highest BCUT2D eigenvalue weighted by molar-refractivity contribution is 7.78. The Hall–Kier alpha value is -2.98. The third-order valence-corrected chi connectivity index (χ3v) is 4.72. The predicted octanol–water partition coefficient (Wildman–Crippen LogP) is 6.72. The van der Waals surface area contributed by atoms with Crippen LogP contribution in [-0.4, -0.2) is 5.16 Å². The highest BCUT2D eigenvalue weighted by Crippen LogP contribution is 2.29. The van der Waals surface area contributed by atoms with Gasteiger partial charge in [0.15, 0.2) is 0 Å². The summed E-state index contributed by atoms with van der Waals surface area (Å²) in [6, 6.07) is 18.9. The van der Waals surface area contributed by atoms with Crippen molar-refractivity contribution in [1.29, 1.82) is 0 Å². The maximum atomic E-state index is 4.70. The fourth-order valence-corrected chi connectivity index (χ4v) is 3.25. The van der Waals surface area contributed by atoms with Crippen molar-refractivity contribution in [2.45, 2.75) is 27.7 Å². The van der Waals surface area contributed by atoms with E-state index < -0.39 is 0 Å². The molecule has 0 saturated carbocycles. The summed E-state index contributed by atoms with van der Waals surface area (Å²) in [6.07, 6.45) is 0. The van der Waals surface area contributed by atoms with Crippen LogP contribution in [0.25, 0.3) is 11.1 Å². The molecule has 0 N–H and O–H groups in total.